The molecule has 0 saturated carbocycles. The van der Waals surface area contributed by atoms with Gasteiger partial charge < -0.3 is 4.90 Å². The van der Waals surface area contributed by atoms with Crippen LogP contribution in [0.3, 0.4) is 0 Å². The molecule has 3 rings (SSSR count). The van der Waals surface area contributed by atoms with Gasteiger partial charge in [0.1, 0.15) is 6.33 Å². The van der Waals surface area contributed by atoms with Gasteiger partial charge in [-0.1, -0.05) is 18.2 Å². The highest BCUT2D eigenvalue weighted by Gasteiger charge is 2.32. The van der Waals surface area contributed by atoms with Crippen molar-refractivity contribution in [2.24, 2.45) is 0 Å². The van der Waals surface area contributed by atoms with Gasteiger partial charge in [0.15, 0.2) is 0 Å². The maximum atomic E-state index is 13.3. The van der Waals surface area contributed by atoms with Gasteiger partial charge in [0.2, 0.25) is 5.91 Å². The average Bonchev–Trinajstić information content (AvgIpc) is 3.11. The zero-order valence-electron chi connectivity index (χ0n) is 15.6. The number of nitrogens with zero attached hydrogens (tertiary/aromatic N) is 3. The third kappa shape index (κ3) is 3.93. The summed E-state index contributed by atoms with van der Waals surface area (Å²) in [4.78, 5) is 18.0. The lowest BCUT2D eigenvalue weighted by atomic mass is 10.1. The molecule has 0 saturated heterocycles. The van der Waals surface area contributed by atoms with Gasteiger partial charge in [0.05, 0.1) is 16.6 Å². The molecule has 0 radical (unpaired) electrons. The second kappa shape index (κ2) is 7.88. The lowest BCUT2D eigenvalue weighted by Crippen LogP contribution is -2.28. The summed E-state index contributed by atoms with van der Waals surface area (Å²) in [6.07, 6.45) is -0.274. The number of benzene rings is 2. The van der Waals surface area contributed by atoms with Crippen LogP contribution in [0, 0.1) is 0 Å². The third-order valence-electron chi connectivity index (χ3n) is 4.51. The van der Waals surface area contributed by atoms with Gasteiger partial charge in [0, 0.05) is 30.4 Å². The molecule has 0 unspecified atom stereocenters. The van der Waals surface area contributed by atoms with Gasteiger partial charge in [-0.3, -0.25) is 9.36 Å². The lowest BCUT2D eigenvalue weighted by Gasteiger charge is -2.16. The molecule has 2 aromatic carbocycles. The van der Waals surface area contributed by atoms with Crippen molar-refractivity contribution in [2.75, 3.05) is 13.1 Å². The molecule has 0 fully saturated rings. The molecule has 0 aliphatic carbocycles. The zero-order chi connectivity index (χ0) is 20.3. The van der Waals surface area contributed by atoms with E-state index in [2.05, 4.69) is 4.98 Å². The predicted octanol–water partition coefficient (Wildman–Crippen LogP) is 4.93. The number of alkyl halides is 3. The van der Waals surface area contributed by atoms with Crippen molar-refractivity contribution in [3.63, 3.8) is 0 Å². The number of carbonyl (C=O) groups excluding carboxylic acids is 1. The molecule has 4 nitrogen and oxygen atoms in total. The van der Waals surface area contributed by atoms with Crippen molar-refractivity contribution in [1.29, 1.82) is 0 Å². The maximum absolute atomic E-state index is 13.3. The van der Waals surface area contributed by atoms with Gasteiger partial charge in [-0.2, -0.15) is 13.2 Å². The van der Waals surface area contributed by atoms with Crippen LogP contribution in [-0.4, -0.2) is 33.4 Å². The van der Waals surface area contributed by atoms with Gasteiger partial charge in [-0.05, 0) is 44.2 Å². The Morgan fingerprint density at radius 1 is 1.14 bits per heavy atom. The van der Waals surface area contributed by atoms with Gasteiger partial charge in [0.25, 0.3) is 0 Å². The largest absolute Gasteiger partial charge is 0.416 e. The molecule has 0 aliphatic heterocycles. The molecule has 146 valence electrons. The quantitative estimate of drug-likeness (QED) is 0.583. The Morgan fingerprint density at radius 3 is 2.43 bits per heavy atom. The molecule has 1 aromatic heterocycles. The molecule has 0 bridgehead atoms. The number of halogens is 3. The van der Waals surface area contributed by atoms with Crippen molar-refractivity contribution in [3.8, 4) is 5.69 Å². The Labute approximate surface area is 160 Å². The molecule has 3 aromatic rings. The number of hydrogen-bond acceptors (Lipinski definition) is 2. The fourth-order valence-corrected chi connectivity index (χ4v) is 3.06. The van der Waals surface area contributed by atoms with Crippen molar-refractivity contribution < 1.29 is 18.0 Å². The number of imidazole rings is 1. The molecule has 1 heterocycles. The Morgan fingerprint density at radius 2 is 1.82 bits per heavy atom. The van der Waals surface area contributed by atoms with Crippen LogP contribution in [0.5, 0.6) is 0 Å². The summed E-state index contributed by atoms with van der Waals surface area (Å²) in [5.41, 5.74) is 0.992. The number of likely N-dealkylation sites (N-methyl/N-ethyl adjacent to an activating group) is 1. The summed E-state index contributed by atoms with van der Waals surface area (Å²) in [6.45, 7) is 4.75. The summed E-state index contributed by atoms with van der Waals surface area (Å²) >= 11 is 0. The van der Waals surface area contributed by atoms with Crippen LogP contribution in [0.4, 0.5) is 13.2 Å². The van der Waals surface area contributed by atoms with Crippen LogP contribution >= 0.6 is 0 Å². The first-order chi connectivity index (χ1) is 13.3. The second-order valence-corrected chi connectivity index (χ2v) is 6.22. The van der Waals surface area contributed by atoms with E-state index in [9.17, 15) is 18.0 Å². The highest BCUT2D eigenvalue weighted by Crippen LogP contribution is 2.34. The third-order valence-corrected chi connectivity index (χ3v) is 4.51. The Kier molecular flexibility index (Phi) is 5.53. The minimum Gasteiger partial charge on any atom is -0.340 e. The van der Waals surface area contributed by atoms with E-state index in [1.54, 1.807) is 9.47 Å². The maximum Gasteiger partial charge on any atom is 0.416 e. The predicted molar refractivity (Wildman–Crippen MR) is 103 cm³/mol. The van der Waals surface area contributed by atoms with E-state index in [1.165, 1.54) is 18.5 Å². The minimum atomic E-state index is -4.50. The SMILES string of the molecule is CCN(CC)C(=O)/C=C/c1cc(C(F)(F)F)cc2ncn(-c3ccccc3)c12. The molecule has 0 N–H and O–H groups in total. The number of para-hydroxylation sites is 1. The second-order valence-electron chi connectivity index (χ2n) is 6.22. The molecular weight excluding hydrogens is 367 g/mol. The lowest BCUT2D eigenvalue weighted by molar-refractivity contribution is -0.137. The minimum absolute atomic E-state index is 0.216. The van der Waals surface area contributed by atoms with Crippen LogP contribution in [0.15, 0.2) is 54.9 Å². The summed E-state index contributed by atoms with van der Waals surface area (Å²) in [6, 6.07) is 11.3. The van der Waals surface area contributed by atoms with Crippen LogP contribution in [0.25, 0.3) is 22.8 Å². The summed E-state index contributed by atoms with van der Waals surface area (Å²) in [5, 5.41) is 0. The molecule has 0 spiro atoms. The van der Waals surface area contributed by atoms with Crippen LogP contribution in [0.2, 0.25) is 0 Å². The standard InChI is InChI=1S/C21H20F3N3O/c1-3-26(4-2)19(28)11-10-15-12-16(21(22,23)24)13-18-20(15)27(14-25-18)17-8-6-5-7-9-17/h5-14H,3-4H2,1-2H3/b11-10+. The van der Waals surface area contributed by atoms with Crippen molar-refractivity contribution in [1.82, 2.24) is 14.5 Å². The van der Waals surface area contributed by atoms with Crippen LogP contribution in [0.1, 0.15) is 25.0 Å². The van der Waals surface area contributed by atoms with E-state index < -0.39 is 11.7 Å². The van der Waals surface area contributed by atoms with Crippen molar-refractivity contribution in [2.45, 2.75) is 20.0 Å². The Balaban J connectivity index is 2.17. The van der Waals surface area contributed by atoms with E-state index in [0.29, 0.717) is 18.6 Å². The molecule has 0 atom stereocenters. The number of rotatable bonds is 5. The topological polar surface area (TPSA) is 38.1 Å². The Hall–Kier alpha value is -3.09. The van der Waals surface area contributed by atoms with E-state index in [-0.39, 0.29) is 17.0 Å². The van der Waals surface area contributed by atoms with E-state index >= 15 is 0 Å². The van der Waals surface area contributed by atoms with Crippen molar-refractivity contribution >= 4 is 23.0 Å². The molecule has 28 heavy (non-hydrogen) atoms. The van der Waals surface area contributed by atoms with Crippen molar-refractivity contribution in [3.05, 3.63) is 66.0 Å². The number of carbonyl (C=O) groups is 1. The molecule has 0 aliphatic rings. The first kappa shape index (κ1) is 19.7. The highest BCUT2D eigenvalue weighted by atomic mass is 19.4. The molecule has 1 amide bonds. The monoisotopic (exact) mass is 387 g/mol. The van der Waals surface area contributed by atoms with Crippen LogP contribution in [-0.2, 0) is 11.0 Å². The fourth-order valence-electron chi connectivity index (χ4n) is 3.06. The van der Waals surface area contributed by atoms with Crippen LogP contribution < -0.4 is 0 Å². The first-order valence-corrected chi connectivity index (χ1v) is 8.95. The normalized spacial score (nSPS) is 12.0. The number of aromatic nitrogens is 2. The van der Waals surface area contributed by atoms with Gasteiger partial charge in [-0.25, -0.2) is 4.98 Å². The van der Waals surface area contributed by atoms with E-state index in [1.807, 2.05) is 44.2 Å². The zero-order valence-corrected chi connectivity index (χ0v) is 15.6. The summed E-state index contributed by atoms with van der Waals surface area (Å²) in [5.74, 6) is -0.249. The van der Waals surface area contributed by atoms with Gasteiger partial charge in [-0.15, -0.1) is 0 Å². The Bertz CT molecular complexity index is 1000. The van der Waals surface area contributed by atoms with E-state index in [0.717, 1.165) is 17.8 Å². The number of hydrogen-bond donors (Lipinski definition) is 0. The smallest absolute Gasteiger partial charge is 0.340 e. The summed E-state index contributed by atoms with van der Waals surface area (Å²) in [7, 11) is 0. The highest BCUT2D eigenvalue weighted by molar-refractivity contribution is 5.95. The first-order valence-electron chi connectivity index (χ1n) is 8.95. The molecular formula is C21H20F3N3O. The molecule has 7 heteroatoms. The van der Waals surface area contributed by atoms with Gasteiger partial charge >= 0.3 is 6.18 Å². The number of fused-ring (bicyclic) bond motifs is 1. The van der Waals surface area contributed by atoms with E-state index in [4.69, 9.17) is 0 Å². The summed E-state index contributed by atoms with van der Waals surface area (Å²) < 4.78 is 41.7. The average molecular weight is 387 g/mol. The fraction of sp³-hybridized carbons (Fsp3) is 0.238. The number of amides is 1.